The van der Waals surface area contributed by atoms with Crippen LogP contribution in [-0.4, -0.2) is 53.8 Å². The van der Waals surface area contributed by atoms with Gasteiger partial charge in [-0.05, 0) is 43.7 Å². The van der Waals surface area contributed by atoms with Crippen LogP contribution in [0.25, 0.3) is 11.4 Å². The molecule has 162 valence electrons. The van der Waals surface area contributed by atoms with Crippen LogP contribution in [0.3, 0.4) is 0 Å². The van der Waals surface area contributed by atoms with Crippen LogP contribution >= 0.6 is 0 Å². The largest absolute Gasteiger partial charge is 0.598 e. The van der Waals surface area contributed by atoms with Crippen LogP contribution in [0, 0.1) is 6.92 Å². The zero-order chi connectivity index (χ0) is 21.4. The molecule has 1 aromatic carbocycles. The van der Waals surface area contributed by atoms with E-state index < -0.39 is 11.4 Å². The summed E-state index contributed by atoms with van der Waals surface area (Å²) in [7, 11) is 0. The average molecular weight is 437 g/mol. The third kappa shape index (κ3) is 4.20. The van der Waals surface area contributed by atoms with Crippen molar-refractivity contribution < 1.29 is 4.55 Å². The van der Waals surface area contributed by atoms with Crippen LogP contribution in [0.15, 0.2) is 36.5 Å². The van der Waals surface area contributed by atoms with Crippen molar-refractivity contribution in [1.82, 2.24) is 23.8 Å². The van der Waals surface area contributed by atoms with E-state index >= 15 is 0 Å². The van der Waals surface area contributed by atoms with Gasteiger partial charge in [0.25, 0.3) is 0 Å². The van der Waals surface area contributed by atoms with Crippen LogP contribution in [0.5, 0.6) is 0 Å². The number of aromatic nitrogens is 4. The monoisotopic (exact) mass is 436 g/mol. The summed E-state index contributed by atoms with van der Waals surface area (Å²) >= 11 is -0.893. The molecule has 0 bridgehead atoms. The molecule has 1 unspecified atom stereocenters. The molecule has 2 aromatic heterocycles. The normalized spacial score (nSPS) is 17.8. The number of anilines is 1. The quantitative estimate of drug-likeness (QED) is 0.619. The minimum absolute atomic E-state index is 0.303. The standard InChI is InChI=1S/C23H28N6OS/c1-16-25-20-9-8-18-14-24-23(26-19-10-12-28(13-11-19)31(2)30)27-21(18)22(20)29(16)15-17-6-4-3-5-7-17/h3-7,14,19H,8-13,15H2,1-2H3,(H,24,26,27). The Morgan fingerprint density at radius 1 is 1.13 bits per heavy atom. The Bertz CT molecular complexity index is 1060. The van der Waals surface area contributed by atoms with Crippen LogP contribution in [0.1, 0.15) is 35.5 Å². The Morgan fingerprint density at radius 2 is 1.90 bits per heavy atom. The van der Waals surface area contributed by atoms with Crippen molar-refractivity contribution in [2.75, 3.05) is 24.7 Å². The maximum atomic E-state index is 11.7. The molecule has 8 heteroatoms. The molecule has 0 amide bonds. The van der Waals surface area contributed by atoms with Crippen LogP contribution in [0.2, 0.25) is 0 Å². The van der Waals surface area contributed by atoms with Crippen LogP contribution < -0.4 is 5.32 Å². The molecular formula is C23H28N6OS. The summed E-state index contributed by atoms with van der Waals surface area (Å²) < 4.78 is 16.0. The molecule has 3 heterocycles. The van der Waals surface area contributed by atoms with Crippen molar-refractivity contribution in [3.8, 4) is 11.4 Å². The molecule has 1 atom stereocenters. The Labute approximate surface area is 186 Å². The number of rotatable bonds is 5. The molecule has 31 heavy (non-hydrogen) atoms. The zero-order valence-corrected chi connectivity index (χ0v) is 18.9. The fraction of sp³-hybridized carbons (Fsp3) is 0.435. The molecule has 1 fully saturated rings. The number of aryl methyl sites for hydroxylation is 3. The summed E-state index contributed by atoms with van der Waals surface area (Å²) in [5.74, 6) is 1.70. The molecule has 1 aliphatic carbocycles. The van der Waals surface area contributed by atoms with E-state index in [1.54, 1.807) is 6.26 Å². The van der Waals surface area contributed by atoms with Crippen molar-refractivity contribution in [2.45, 2.75) is 45.2 Å². The first-order valence-electron chi connectivity index (χ1n) is 10.9. The van der Waals surface area contributed by atoms with Gasteiger partial charge in [-0.15, -0.1) is 4.31 Å². The molecule has 2 aliphatic rings. The predicted octanol–water partition coefficient (Wildman–Crippen LogP) is 2.97. The van der Waals surface area contributed by atoms with E-state index in [4.69, 9.17) is 9.97 Å². The molecule has 0 radical (unpaired) electrons. The Kier molecular flexibility index (Phi) is 5.69. The number of hydrogen-bond donors (Lipinski definition) is 1. The van der Waals surface area contributed by atoms with Gasteiger partial charge in [0.15, 0.2) is 0 Å². The van der Waals surface area contributed by atoms with Gasteiger partial charge in [0.1, 0.15) is 12.1 Å². The fourth-order valence-electron chi connectivity index (χ4n) is 4.58. The smallest absolute Gasteiger partial charge is 0.223 e. The number of piperidine rings is 1. The van der Waals surface area contributed by atoms with Crippen molar-refractivity contribution >= 4 is 17.3 Å². The summed E-state index contributed by atoms with van der Waals surface area (Å²) in [6.45, 7) is 4.53. The van der Waals surface area contributed by atoms with Crippen LogP contribution in [0.4, 0.5) is 5.95 Å². The second-order valence-electron chi connectivity index (χ2n) is 8.36. The van der Waals surface area contributed by atoms with Gasteiger partial charge in [-0.1, -0.05) is 30.3 Å². The number of nitrogens with zero attached hydrogens (tertiary/aromatic N) is 5. The number of imidazole rings is 1. The lowest BCUT2D eigenvalue weighted by atomic mass is 9.97. The average Bonchev–Trinajstić information content (AvgIpc) is 3.10. The predicted molar refractivity (Wildman–Crippen MR) is 123 cm³/mol. The Balaban J connectivity index is 1.41. The molecule has 0 spiro atoms. The molecular weight excluding hydrogens is 408 g/mol. The maximum Gasteiger partial charge on any atom is 0.223 e. The van der Waals surface area contributed by atoms with Crippen molar-refractivity contribution in [2.24, 2.45) is 0 Å². The third-order valence-corrected chi connectivity index (χ3v) is 7.38. The van der Waals surface area contributed by atoms with E-state index in [0.717, 1.165) is 68.2 Å². The van der Waals surface area contributed by atoms with E-state index in [1.165, 1.54) is 11.1 Å². The van der Waals surface area contributed by atoms with Gasteiger partial charge in [-0.2, -0.15) is 0 Å². The Hall–Kier alpha value is -2.42. The Morgan fingerprint density at radius 3 is 2.65 bits per heavy atom. The summed E-state index contributed by atoms with van der Waals surface area (Å²) in [5.41, 5.74) is 5.70. The molecule has 0 saturated carbocycles. The first kappa shape index (κ1) is 20.5. The molecule has 1 N–H and O–H groups in total. The van der Waals surface area contributed by atoms with Gasteiger partial charge in [-0.25, -0.2) is 15.0 Å². The molecule has 7 nitrogen and oxygen atoms in total. The van der Waals surface area contributed by atoms with E-state index in [2.05, 4.69) is 46.1 Å². The summed E-state index contributed by atoms with van der Waals surface area (Å²) in [5, 5.41) is 3.52. The van der Waals surface area contributed by atoms with E-state index in [1.807, 2.05) is 16.6 Å². The minimum Gasteiger partial charge on any atom is -0.598 e. The fourth-order valence-corrected chi connectivity index (χ4v) is 5.31. The highest BCUT2D eigenvalue weighted by atomic mass is 32.2. The number of fused-ring (bicyclic) bond motifs is 3. The van der Waals surface area contributed by atoms with Crippen molar-refractivity contribution in [3.05, 3.63) is 59.2 Å². The summed E-state index contributed by atoms with van der Waals surface area (Å²) in [6, 6.07) is 10.8. The maximum absolute atomic E-state index is 11.7. The topological polar surface area (TPSA) is 81.9 Å². The van der Waals surface area contributed by atoms with E-state index in [9.17, 15) is 4.55 Å². The van der Waals surface area contributed by atoms with Crippen LogP contribution in [-0.2, 0) is 30.7 Å². The molecule has 1 aliphatic heterocycles. The lowest BCUT2D eigenvalue weighted by molar-refractivity contribution is 0.331. The van der Waals surface area contributed by atoms with Crippen molar-refractivity contribution in [1.29, 1.82) is 0 Å². The van der Waals surface area contributed by atoms with Gasteiger partial charge >= 0.3 is 0 Å². The van der Waals surface area contributed by atoms with Gasteiger partial charge in [0.05, 0.1) is 17.1 Å². The van der Waals surface area contributed by atoms with E-state index in [0.29, 0.717) is 12.0 Å². The summed E-state index contributed by atoms with van der Waals surface area (Å²) in [4.78, 5) is 14.4. The third-order valence-electron chi connectivity index (χ3n) is 6.28. The molecule has 5 rings (SSSR count). The minimum atomic E-state index is -0.893. The highest BCUT2D eigenvalue weighted by molar-refractivity contribution is 7.88. The number of benzene rings is 1. The highest BCUT2D eigenvalue weighted by Gasteiger charge is 2.27. The number of nitrogens with one attached hydrogen (secondary N) is 1. The second kappa shape index (κ2) is 8.61. The molecule has 1 saturated heterocycles. The zero-order valence-electron chi connectivity index (χ0n) is 18.0. The second-order valence-corrected chi connectivity index (χ2v) is 9.73. The first-order chi connectivity index (χ1) is 15.1. The van der Waals surface area contributed by atoms with Gasteiger partial charge in [-0.3, -0.25) is 0 Å². The van der Waals surface area contributed by atoms with E-state index in [-0.39, 0.29) is 0 Å². The summed E-state index contributed by atoms with van der Waals surface area (Å²) in [6.07, 6.45) is 7.45. The SMILES string of the molecule is Cc1nc2c(n1Cc1ccccc1)-c1nc(NC3CCN([S+](C)[O-])CC3)ncc1CC2. The number of hydrogen-bond acceptors (Lipinski definition) is 6. The van der Waals surface area contributed by atoms with Gasteiger partial charge < -0.3 is 14.4 Å². The lowest BCUT2D eigenvalue weighted by Gasteiger charge is -2.31. The highest BCUT2D eigenvalue weighted by Crippen LogP contribution is 2.33. The molecule has 3 aromatic rings. The van der Waals surface area contributed by atoms with Crippen molar-refractivity contribution in [3.63, 3.8) is 0 Å². The lowest BCUT2D eigenvalue weighted by Crippen LogP contribution is -2.42. The first-order valence-corrected chi connectivity index (χ1v) is 12.4. The van der Waals surface area contributed by atoms with Gasteiger partial charge in [0, 0.05) is 43.2 Å². The van der Waals surface area contributed by atoms with Gasteiger partial charge in [0.2, 0.25) is 5.95 Å².